The fourth-order valence-corrected chi connectivity index (χ4v) is 7.55. The first-order valence-corrected chi connectivity index (χ1v) is 11.8. The predicted octanol–water partition coefficient (Wildman–Crippen LogP) is 3.23. The highest BCUT2D eigenvalue weighted by atomic mass is 32.2. The highest BCUT2D eigenvalue weighted by Gasteiger charge is 2.43. The van der Waals surface area contributed by atoms with Gasteiger partial charge in [0.15, 0.2) is 0 Å². The average molecular weight is 407 g/mol. The Morgan fingerprint density at radius 2 is 1.89 bits per heavy atom. The van der Waals surface area contributed by atoms with E-state index in [1.807, 2.05) is 31.4 Å². The molecule has 2 saturated heterocycles. The van der Waals surface area contributed by atoms with E-state index in [2.05, 4.69) is 14.9 Å². The Morgan fingerprint density at radius 1 is 1.11 bits per heavy atom. The number of nitrogens with zero attached hydrogens (tertiary/aromatic N) is 4. The van der Waals surface area contributed by atoms with Crippen LogP contribution in [0.15, 0.2) is 27.9 Å². The second kappa shape index (κ2) is 7.14. The molecule has 0 N–H and O–H groups in total. The molecule has 2 aromatic rings. The van der Waals surface area contributed by atoms with Crippen molar-refractivity contribution in [1.82, 2.24) is 14.3 Å². The van der Waals surface area contributed by atoms with Gasteiger partial charge in [-0.05, 0) is 62.6 Å². The number of anilines is 1. The number of aromatic nitrogens is 2. The molecule has 0 aromatic carbocycles. The van der Waals surface area contributed by atoms with Gasteiger partial charge in [-0.25, -0.2) is 18.4 Å². The summed E-state index contributed by atoms with van der Waals surface area (Å²) in [7, 11) is -3.41. The normalized spacial score (nSPS) is 24.4. The van der Waals surface area contributed by atoms with Crippen LogP contribution in [-0.4, -0.2) is 48.9 Å². The molecule has 1 unspecified atom stereocenters. The summed E-state index contributed by atoms with van der Waals surface area (Å²) in [6.07, 6.45) is 5.88. The summed E-state index contributed by atoms with van der Waals surface area (Å²) in [4.78, 5) is 11.3. The fourth-order valence-electron chi connectivity index (χ4n) is 4.41. The molecule has 27 heavy (non-hydrogen) atoms. The maximum atomic E-state index is 13.2. The second-order valence-electron chi connectivity index (χ2n) is 7.86. The highest BCUT2D eigenvalue weighted by Crippen LogP contribution is 2.41. The van der Waals surface area contributed by atoms with Gasteiger partial charge in [0.2, 0.25) is 5.95 Å². The van der Waals surface area contributed by atoms with Crippen molar-refractivity contribution >= 4 is 27.3 Å². The van der Waals surface area contributed by atoms with Crippen molar-refractivity contribution in [1.29, 1.82) is 0 Å². The lowest BCUT2D eigenvalue weighted by atomic mass is 9.74. The Balaban J connectivity index is 1.57. The highest BCUT2D eigenvalue weighted by molar-refractivity contribution is 7.91. The van der Waals surface area contributed by atoms with Crippen molar-refractivity contribution in [3.05, 3.63) is 35.0 Å². The SMILES string of the molecule is Cc1ccnc(N2CCCC3(CCCN(S(=O)(=O)c4sccc4C)C3)C2)n1. The Bertz CT molecular complexity index is 923. The van der Waals surface area contributed by atoms with Crippen LogP contribution in [0, 0.1) is 19.3 Å². The summed E-state index contributed by atoms with van der Waals surface area (Å²) in [5.41, 5.74) is 1.79. The Morgan fingerprint density at radius 3 is 2.59 bits per heavy atom. The minimum Gasteiger partial charge on any atom is -0.340 e. The zero-order valence-electron chi connectivity index (χ0n) is 15.9. The number of piperidine rings is 2. The number of thiophene rings is 1. The predicted molar refractivity (Wildman–Crippen MR) is 108 cm³/mol. The van der Waals surface area contributed by atoms with Gasteiger partial charge in [-0.2, -0.15) is 4.31 Å². The van der Waals surface area contributed by atoms with E-state index in [0.29, 0.717) is 17.3 Å². The molecule has 1 spiro atoms. The second-order valence-corrected chi connectivity index (χ2v) is 10.9. The summed E-state index contributed by atoms with van der Waals surface area (Å²) >= 11 is 1.32. The van der Waals surface area contributed by atoms with Gasteiger partial charge in [0.1, 0.15) is 4.21 Å². The van der Waals surface area contributed by atoms with Crippen molar-refractivity contribution in [2.45, 2.75) is 43.7 Å². The summed E-state index contributed by atoms with van der Waals surface area (Å²) < 4.78 is 28.6. The summed E-state index contributed by atoms with van der Waals surface area (Å²) in [6.45, 7) is 6.81. The molecule has 2 aliphatic rings. The first-order chi connectivity index (χ1) is 12.9. The number of sulfonamides is 1. The van der Waals surface area contributed by atoms with Crippen LogP contribution >= 0.6 is 11.3 Å². The lowest BCUT2D eigenvalue weighted by Crippen LogP contribution is -2.54. The molecule has 6 nitrogen and oxygen atoms in total. The lowest BCUT2D eigenvalue weighted by Gasteiger charge is -2.48. The molecule has 0 amide bonds. The quantitative estimate of drug-likeness (QED) is 0.783. The van der Waals surface area contributed by atoms with E-state index in [1.54, 1.807) is 10.5 Å². The van der Waals surface area contributed by atoms with Crippen LogP contribution < -0.4 is 4.90 Å². The average Bonchev–Trinajstić information content (AvgIpc) is 3.09. The first-order valence-electron chi connectivity index (χ1n) is 9.49. The summed E-state index contributed by atoms with van der Waals surface area (Å²) in [5, 5.41) is 1.86. The maximum absolute atomic E-state index is 13.2. The lowest BCUT2D eigenvalue weighted by molar-refractivity contribution is 0.122. The molecule has 4 rings (SSSR count). The van der Waals surface area contributed by atoms with Crippen LogP contribution in [0.3, 0.4) is 0 Å². The van der Waals surface area contributed by atoms with Crippen LogP contribution in [0.1, 0.15) is 36.9 Å². The van der Waals surface area contributed by atoms with Crippen molar-refractivity contribution in [2.75, 3.05) is 31.1 Å². The van der Waals surface area contributed by atoms with Crippen molar-refractivity contribution in [3.63, 3.8) is 0 Å². The van der Waals surface area contributed by atoms with E-state index in [9.17, 15) is 8.42 Å². The first kappa shape index (κ1) is 18.8. The molecule has 0 saturated carbocycles. The van der Waals surface area contributed by atoms with Crippen molar-refractivity contribution in [2.24, 2.45) is 5.41 Å². The van der Waals surface area contributed by atoms with E-state index >= 15 is 0 Å². The number of rotatable bonds is 3. The fraction of sp³-hybridized carbons (Fsp3) is 0.579. The summed E-state index contributed by atoms with van der Waals surface area (Å²) in [6, 6.07) is 3.79. The molecule has 4 heterocycles. The number of hydrogen-bond acceptors (Lipinski definition) is 6. The molecule has 0 bridgehead atoms. The van der Waals surface area contributed by atoms with E-state index in [0.717, 1.165) is 56.0 Å². The van der Waals surface area contributed by atoms with Crippen molar-refractivity contribution in [3.8, 4) is 0 Å². The third kappa shape index (κ3) is 3.62. The van der Waals surface area contributed by atoms with Crippen molar-refractivity contribution < 1.29 is 8.42 Å². The maximum Gasteiger partial charge on any atom is 0.252 e. The third-order valence-corrected chi connectivity index (χ3v) is 9.25. The molecule has 146 valence electrons. The molecule has 8 heteroatoms. The van der Waals surface area contributed by atoms with Crippen LogP contribution in [-0.2, 0) is 10.0 Å². The Labute approximate surface area is 165 Å². The van der Waals surface area contributed by atoms with Gasteiger partial charge in [-0.3, -0.25) is 0 Å². The molecule has 2 fully saturated rings. The van der Waals surface area contributed by atoms with Crippen LogP contribution in [0.25, 0.3) is 0 Å². The topological polar surface area (TPSA) is 66.4 Å². The zero-order chi connectivity index (χ0) is 19.1. The molecule has 1 atom stereocenters. The van der Waals surface area contributed by atoms with Gasteiger partial charge in [0.05, 0.1) is 0 Å². The molecule has 2 aromatic heterocycles. The molecule has 0 radical (unpaired) electrons. The van der Waals surface area contributed by atoms with Gasteiger partial charge in [-0.15, -0.1) is 11.3 Å². The Kier molecular flexibility index (Phi) is 4.98. The van der Waals surface area contributed by atoms with E-state index < -0.39 is 10.0 Å². The number of aryl methyl sites for hydroxylation is 2. The Hall–Kier alpha value is -1.51. The van der Waals surface area contributed by atoms with E-state index in [1.165, 1.54) is 11.3 Å². The van der Waals surface area contributed by atoms with Crippen LogP contribution in [0.2, 0.25) is 0 Å². The monoisotopic (exact) mass is 406 g/mol. The van der Waals surface area contributed by atoms with Gasteiger partial charge in [0.25, 0.3) is 10.0 Å². The molecular weight excluding hydrogens is 380 g/mol. The van der Waals surface area contributed by atoms with E-state index in [4.69, 9.17) is 0 Å². The smallest absolute Gasteiger partial charge is 0.252 e. The third-order valence-electron chi connectivity index (χ3n) is 5.74. The minimum absolute atomic E-state index is 0.0121. The minimum atomic E-state index is -3.41. The largest absolute Gasteiger partial charge is 0.340 e. The van der Waals surface area contributed by atoms with Gasteiger partial charge < -0.3 is 4.90 Å². The van der Waals surface area contributed by atoms with Gasteiger partial charge >= 0.3 is 0 Å². The summed E-state index contributed by atoms with van der Waals surface area (Å²) in [5.74, 6) is 0.767. The van der Waals surface area contributed by atoms with Crippen LogP contribution in [0.5, 0.6) is 0 Å². The molecule has 2 aliphatic heterocycles. The zero-order valence-corrected chi connectivity index (χ0v) is 17.5. The molecular formula is C19H26N4O2S2. The van der Waals surface area contributed by atoms with Crippen LogP contribution in [0.4, 0.5) is 5.95 Å². The van der Waals surface area contributed by atoms with Gasteiger partial charge in [0, 0.05) is 43.5 Å². The van der Waals surface area contributed by atoms with Gasteiger partial charge in [-0.1, -0.05) is 0 Å². The standard InChI is InChI=1S/C19H26N4O2S2/c1-15-6-12-26-17(15)27(24,25)23-11-4-8-19(14-23)7-3-10-22(13-19)18-20-9-5-16(2)21-18/h5-6,9,12H,3-4,7-8,10-11,13-14H2,1-2H3. The number of hydrogen-bond donors (Lipinski definition) is 0. The molecule has 0 aliphatic carbocycles. The van der Waals surface area contributed by atoms with E-state index in [-0.39, 0.29) is 5.41 Å².